The molecular formula is C23H19Cl3N4O3. The number of anilines is 1. The van der Waals surface area contributed by atoms with E-state index in [0.717, 1.165) is 5.56 Å². The zero-order chi connectivity index (χ0) is 23.5. The number of ether oxygens (including phenoxy) is 1. The molecule has 0 bridgehead atoms. The zero-order valence-corrected chi connectivity index (χ0v) is 20.0. The Balaban J connectivity index is 1.48. The van der Waals surface area contributed by atoms with Crippen molar-refractivity contribution in [3.63, 3.8) is 0 Å². The van der Waals surface area contributed by atoms with Crippen molar-refractivity contribution in [1.82, 2.24) is 14.9 Å². The van der Waals surface area contributed by atoms with Gasteiger partial charge in [-0.3, -0.25) is 9.48 Å². The van der Waals surface area contributed by atoms with Gasteiger partial charge in [0, 0.05) is 21.8 Å². The predicted octanol–water partition coefficient (Wildman–Crippen LogP) is 6.33. The monoisotopic (exact) mass is 504 g/mol. The molecule has 4 rings (SSSR count). The lowest BCUT2D eigenvalue weighted by atomic mass is 10.2. The molecule has 33 heavy (non-hydrogen) atoms. The molecule has 2 aromatic carbocycles. The molecular weight excluding hydrogens is 487 g/mol. The number of amides is 1. The van der Waals surface area contributed by atoms with E-state index in [4.69, 9.17) is 44.1 Å². The number of nitrogens with one attached hydrogen (secondary N) is 1. The Labute approximate surface area is 205 Å². The molecule has 0 radical (unpaired) electrons. The Morgan fingerprint density at radius 3 is 2.42 bits per heavy atom. The maximum absolute atomic E-state index is 12.9. The van der Waals surface area contributed by atoms with Crippen LogP contribution in [0.4, 0.5) is 5.82 Å². The second-order valence-corrected chi connectivity index (χ2v) is 8.57. The van der Waals surface area contributed by atoms with Gasteiger partial charge in [-0.15, -0.1) is 0 Å². The molecule has 0 aliphatic rings. The molecule has 0 aliphatic carbocycles. The number of carbonyl (C=O) groups is 1. The summed E-state index contributed by atoms with van der Waals surface area (Å²) in [5.74, 6) is 0.818. The van der Waals surface area contributed by atoms with E-state index in [1.807, 2.05) is 31.2 Å². The summed E-state index contributed by atoms with van der Waals surface area (Å²) in [5, 5.41) is 12.2. The van der Waals surface area contributed by atoms with Gasteiger partial charge in [-0.05, 0) is 38.1 Å². The molecule has 0 saturated heterocycles. The number of benzene rings is 2. The summed E-state index contributed by atoms with van der Waals surface area (Å²) in [6, 6.07) is 12.8. The molecule has 0 fully saturated rings. The number of carbonyl (C=O) groups excluding carboxylic acids is 1. The van der Waals surface area contributed by atoms with Gasteiger partial charge in [-0.25, -0.2) is 0 Å². The van der Waals surface area contributed by atoms with Crippen molar-refractivity contribution in [3.05, 3.63) is 91.9 Å². The van der Waals surface area contributed by atoms with Crippen molar-refractivity contribution in [3.8, 4) is 5.75 Å². The van der Waals surface area contributed by atoms with Gasteiger partial charge in [0.1, 0.15) is 23.1 Å². The highest BCUT2D eigenvalue weighted by Crippen LogP contribution is 2.27. The van der Waals surface area contributed by atoms with Crippen LogP contribution in [0.2, 0.25) is 15.1 Å². The summed E-state index contributed by atoms with van der Waals surface area (Å²) in [5.41, 5.74) is 2.45. The predicted molar refractivity (Wildman–Crippen MR) is 128 cm³/mol. The summed E-state index contributed by atoms with van der Waals surface area (Å²) in [6.45, 7) is 4.11. The Hall–Kier alpha value is -3.00. The fourth-order valence-electron chi connectivity index (χ4n) is 3.10. The van der Waals surface area contributed by atoms with Crippen molar-refractivity contribution in [2.75, 3.05) is 5.32 Å². The zero-order valence-electron chi connectivity index (χ0n) is 17.7. The Morgan fingerprint density at radius 2 is 1.73 bits per heavy atom. The van der Waals surface area contributed by atoms with Crippen LogP contribution in [0.25, 0.3) is 0 Å². The van der Waals surface area contributed by atoms with Gasteiger partial charge in [0.05, 0.1) is 12.1 Å². The first-order valence-electron chi connectivity index (χ1n) is 9.93. The van der Waals surface area contributed by atoms with Gasteiger partial charge in [-0.2, -0.15) is 5.10 Å². The second kappa shape index (κ2) is 9.87. The molecule has 4 aromatic rings. The van der Waals surface area contributed by atoms with Gasteiger partial charge < -0.3 is 14.6 Å². The van der Waals surface area contributed by atoms with Crippen molar-refractivity contribution in [1.29, 1.82) is 0 Å². The third-order valence-electron chi connectivity index (χ3n) is 4.93. The van der Waals surface area contributed by atoms with Crippen molar-refractivity contribution in [2.45, 2.75) is 27.0 Å². The molecule has 1 amide bonds. The van der Waals surface area contributed by atoms with E-state index in [0.29, 0.717) is 32.7 Å². The Bertz CT molecular complexity index is 1280. The minimum Gasteiger partial charge on any atom is -0.489 e. The summed E-state index contributed by atoms with van der Waals surface area (Å²) in [7, 11) is 0. The van der Waals surface area contributed by atoms with Crippen molar-refractivity contribution >= 4 is 46.5 Å². The van der Waals surface area contributed by atoms with E-state index in [9.17, 15) is 4.79 Å². The van der Waals surface area contributed by atoms with Crippen LogP contribution in [0.3, 0.4) is 0 Å². The highest BCUT2D eigenvalue weighted by atomic mass is 35.5. The average Bonchev–Trinajstić information content (AvgIpc) is 3.32. The van der Waals surface area contributed by atoms with Gasteiger partial charge >= 0.3 is 0 Å². The normalized spacial score (nSPS) is 10.9. The van der Waals surface area contributed by atoms with E-state index in [2.05, 4.69) is 15.6 Å². The molecule has 7 nitrogen and oxygen atoms in total. The maximum Gasteiger partial charge on any atom is 0.279 e. The third-order valence-corrected chi connectivity index (χ3v) is 5.92. The second-order valence-electron chi connectivity index (χ2n) is 7.35. The standard InChI is InChI=1S/C23H19Cl3N4O3/c1-13-6-8-15(9-7-13)32-12-17-14(2)33-29-21(17)23(31)27-22-20(26)11-30(28-22)10-16-18(24)4-3-5-19(16)25/h3-9,11H,10,12H2,1-2H3,(H,27,28,31). The van der Waals surface area contributed by atoms with E-state index in [1.165, 1.54) is 0 Å². The number of nitrogens with zero attached hydrogens (tertiary/aromatic N) is 3. The maximum atomic E-state index is 12.9. The number of aromatic nitrogens is 3. The van der Waals surface area contributed by atoms with Gasteiger partial charge in [0.25, 0.3) is 5.91 Å². The highest BCUT2D eigenvalue weighted by Gasteiger charge is 2.22. The van der Waals surface area contributed by atoms with E-state index in [-0.39, 0.29) is 29.7 Å². The lowest BCUT2D eigenvalue weighted by Gasteiger charge is -2.07. The first kappa shape index (κ1) is 23.2. The SMILES string of the molecule is Cc1ccc(OCc2c(C(=O)Nc3nn(Cc4c(Cl)cccc4Cl)cc3Cl)noc2C)cc1. The van der Waals surface area contributed by atoms with E-state index in [1.54, 1.807) is 36.0 Å². The van der Waals surface area contributed by atoms with Crippen LogP contribution in [0.5, 0.6) is 5.75 Å². The lowest BCUT2D eigenvalue weighted by molar-refractivity contribution is 0.101. The number of halogens is 3. The quantitative estimate of drug-likeness (QED) is 0.317. The smallest absolute Gasteiger partial charge is 0.279 e. The number of rotatable bonds is 7. The van der Waals surface area contributed by atoms with Crippen LogP contribution >= 0.6 is 34.8 Å². The van der Waals surface area contributed by atoms with Crippen molar-refractivity contribution in [2.24, 2.45) is 0 Å². The van der Waals surface area contributed by atoms with Gasteiger partial charge in [-0.1, -0.05) is 63.7 Å². The molecule has 0 saturated carbocycles. The molecule has 1 N–H and O–H groups in total. The van der Waals surface area contributed by atoms with Crippen LogP contribution in [-0.4, -0.2) is 20.8 Å². The van der Waals surface area contributed by atoms with Crippen molar-refractivity contribution < 1.29 is 14.1 Å². The molecule has 170 valence electrons. The molecule has 0 unspecified atom stereocenters. The minimum absolute atomic E-state index is 0.0966. The fraction of sp³-hybridized carbons (Fsp3) is 0.174. The lowest BCUT2D eigenvalue weighted by Crippen LogP contribution is -2.16. The molecule has 0 aliphatic heterocycles. The molecule has 0 spiro atoms. The highest BCUT2D eigenvalue weighted by molar-refractivity contribution is 6.36. The average molecular weight is 506 g/mol. The number of aryl methyl sites for hydroxylation is 2. The summed E-state index contributed by atoms with van der Waals surface area (Å²) in [4.78, 5) is 12.9. The van der Waals surface area contributed by atoms with Crippen LogP contribution in [0.15, 0.2) is 53.2 Å². The van der Waals surface area contributed by atoms with Gasteiger partial charge in [0.2, 0.25) is 0 Å². The van der Waals surface area contributed by atoms with E-state index < -0.39 is 5.91 Å². The Kier molecular flexibility index (Phi) is 6.93. The summed E-state index contributed by atoms with van der Waals surface area (Å²) >= 11 is 18.8. The summed E-state index contributed by atoms with van der Waals surface area (Å²) < 4.78 is 12.6. The topological polar surface area (TPSA) is 82.2 Å². The molecule has 10 heteroatoms. The third kappa shape index (κ3) is 5.33. The first-order valence-corrected chi connectivity index (χ1v) is 11.1. The summed E-state index contributed by atoms with van der Waals surface area (Å²) in [6.07, 6.45) is 1.58. The molecule has 2 heterocycles. The van der Waals surface area contributed by atoms with Crippen LogP contribution < -0.4 is 10.1 Å². The van der Waals surface area contributed by atoms with E-state index >= 15 is 0 Å². The minimum atomic E-state index is -0.516. The number of hydrogen-bond donors (Lipinski definition) is 1. The first-order chi connectivity index (χ1) is 15.8. The largest absolute Gasteiger partial charge is 0.489 e. The number of hydrogen-bond acceptors (Lipinski definition) is 5. The Morgan fingerprint density at radius 1 is 1.03 bits per heavy atom. The van der Waals surface area contributed by atoms with Crippen LogP contribution in [0, 0.1) is 13.8 Å². The molecule has 2 aromatic heterocycles. The van der Waals surface area contributed by atoms with Crippen LogP contribution in [0.1, 0.15) is 32.9 Å². The fourth-order valence-corrected chi connectivity index (χ4v) is 3.82. The van der Waals surface area contributed by atoms with Crippen LogP contribution in [-0.2, 0) is 13.2 Å². The molecule has 0 atom stereocenters. The van der Waals surface area contributed by atoms with Gasteiger partial charge in [0.15, 0.2) is 11.5 Å².